The number of hydrogen-bond donors (Lipinski definition) is 0. The molecule has 1 rings (SSSR count). The Morgan fingerprint density at radius 3 is 2.75 bits per heavy atom. The minimum atomic E-state index is -3.39. The van der Waals surface area contributed by atoms with Gasteiger partial charge < -0.3 is 14.2 Å². The van der Waals surface area contributed by atoms with E-state index >= 15 is 0 Å². The highest BCUT2D eigenvalue weighted by molar-refractivity contribution is 8.13. The molecule has 1 aliphatic rings. The molecular weight excluding hydrogens is 256 g/mol. The normalized spacial score (nSPS) is 21.4. The average molecular weight is 273 g/mol. The van der Waals surface area contributed by atoms with Crippen molar-refractivity contribution in [2.24, 2.45) is 0 Å². The van der Waals surface area contributed by atoms with Crippen LogP contribution in [0.1, 0.15) is 12.8 Å². The van der Waals surface area contributed by atoms with Crippen molar-refractivity contribution in [1.29, 1.82) is 0 Å². The van der Waals surface area contributed by atoms with Crippen LogP contribution in [0.3, 0.4) is 0 Å². The van der Waals surface area contributed by atoms with Gasteiger partial charge in [-0.05, 0) is 12.8 Å². The van der Waals surface area contributed by atoms with Gasteiger partial charge in [-0.1, -0.05) is 0 Å². The standard InChI is InChI=1S/C9H17ClO5S/c10-16(11,12)7-1-3-13-5-6-15-9-2-4-14-8-9/h9H,1-8H2. The molecule has 1 atom stereocenters. The molecule has 0 aliphatic carbocycles. The van der Waals surface area contributed by atoms with Gasteiger partial charge in [-0.3, -0.25) is 0 Å². The van der Waals surface area contributed by atoms with Crippen molar-refractivity contribution >= 4 is 19.7 Å². The van der Waals surface area contributed by atoms with E-state index in [0.29, 0.717) is 32.8 Å². The molecule has 7 heteroatoms. The van der Waals surface area contributed by atoms with Crippen molar-refractivity contribution in [3.8, 4) is 0 Å². The molecule has 1 saturated heterocycles. The molecule has 0 aromatic rings. The number of rotatable bonds is 8. The highest BCUT2D eigenvalue weighted by atomic mass is 35.7. The van der Waals surface area contributed by atoms with Gasteiger partial charge >= 0.3 is 0 Å². The van der Waals surface area contributed by atoms with Crippen LogP contribution in [0.15, 0.2) is 0 Å². The predicted octanol–water partition coefficient (Wildman–Crippen LogP) is 0.767. The summed E-state index contributed by atoms with van der Waals surface area (Å²) in [5, 5.41) is 0. The molecule has 1 heterocycles. The van der Waals surface area contributed by atoms with Crippen molar-refractivity contribution in [3.05, 3.63) is 0 Å². The summed E-state index contributed by atoms with van der Waals surface area (Å²) < 4.78 is 36.9. The molecule has 0 radical (unpaired) electrons. The van der Waals surface area contributed by atoms with Gasteiger partial charge in [-0.2, -0.15) is 0 Å². The van der Waals surface area contributed by atoms with Gasteiger partial charge in [-0.15, -0.1) is 0 Å². The molecule has 0 aromatic carbocycles. The first kappa shape index (κ1) is 14.2. The van der Waals surface area contributed by atoms with Crippen LogP contribution in [-0.4, -0.2) is 53.3 Å². The molecule has 0 spiro atoms. The highest BCUT2D eigenvalue weighted by Crippen LogP contribution is 2.07. The van der Waals surface area contributed by atoms with E-state index in [4.69, 9.17) is 24.9 Å². The van der Waals surface area contributed by atoms with Crippen molar-refractivity contribution in [2.45, 2.75) is 18.9 Å². The van der Waals surface area contributed by atoms with Crippen LogP contribution in [0.4, 0.5) is 0 Å². The Morgan fingerprint density at radius 2 is 2.12 bits per heavy atom. The summed E-state index contributed by atoms with van der Waals surface area (Å²) in [5.41, 5.74) is 0. The molecule has 0 saturated carbocycles. The maximum Gasteiger partial charge on any atom is 0.232 e. The molecule has 0 amide bonds. The lowest BCUT2D eigenvalue weighted by Gasteiger charge is -2.09. The van der Waals surface area contributed by atoms with Crippen LogP contribution < -0.4 is 0 Å². The van der Waals surface area contributed by atoms with E-state index in [1.165, 1.54) is 0 Å². The van der Waals surface area contributed by atoms with Gasteiger partial charge in [0.15, 0.2) is 0 Å². The summed E-state index contributed by atoms with van der Waals surface area (Å²) >= 11 is 0. The Morgan fingerprint density at radius 1 is 1.31 bits per heavy atom. The van der Waals surface area contributed by atoms with Crippen LogP contribution in [0.2, 0.25) is 0 Å². The first-order valence-electron chi connectivity index (χ1n) is 5.27. The summed E-state index contributed by atoms with van der Waals surface area (Å²) in [7, 11) is 1.65. The van der Waals surface area contributed by atoms with Crippen LogP contribution >= 0.6 is 10.7 Å². The second kappa shape index (κ2) is 7.45. The smallest absolute Gasteiger partial charge is 0.232 e. The SMILES string of the molecule is O=S(=O)(Cl)CCCOCCOC1CCOC1. The molecule has 0 N–H and O–H groups in total. The van der Waals surface area contributed by atoms with Gasteiger partial charge in [0.2, 0.25) is 9.05 Å². The average Bonchev–Trinajstić information content (AvgIpc) is 2.67. The van der Waals surface area contributed by atoms with Crippen molar-refractivity contribution < 1.29 is 22.6 Å². The van der Waals surface area contributed by atoms with E-state index in [9.17, 15) is 8.42 Å². The molecule has 0 aromatic heterocycles. The van der Waals surface area contributed by atoms with Gasteiger partial charge in [0.05, 0.1) is 31.7 Å². The summed E-state index contributed by atoms with van der Waals surface area (Å²) in [6.45, 7) is 2.79. The first-order valence-corrected chi connectivity index (χ1v) is 7.75. The van der Waals surface area contributed by atoms with E-state index in [1.807, 2.05) is 0 Å². The monoisotopic (exact) mass is 272 g/mol. The van der Waals surface area contributed by atoms with Crippen LogP contribution in [0.25, 0.3) is 0 Å². The molecular formula is C9H17ClO5S. The second-order valence-corrected chi connectivity index (χ2v) is 6.46. The number of halogens is 1. The third-order valence-electron chi connectivity index (χ3n) is 2.15. The first-order chi connectivity index (χ1) is 7.58. The van der Waals surface area contributed by atoms with Crippen LogP contribution in [0, 0.1) is 0 Å². The quantitative estimate of drug-likeness (QED) is 0.482. The zero-order valence-corrected chi connectivity index (χ0v) is 10.6. The fourth-order valence-electron chi connectivity index (χ4n) is 1.35. The van der Waals surface area contributed by atoms with E-state index in [2.05, 4.69) is 0 Å². The fraction of sp³-hybridized carbons (Fsp3) is 1.00. The van der Waals surface area contributed by atoms with E-state index < -0.39 is 9.05 Å². The minimum Gasteiger partial charge on any atom is -0.379 e. The molecule has 1 aliphatic heterocycles. The van der Waals surface area contributed by atoms with Gasteiger partial charge in [-0.25, -0.2) is 8.42 Å². The Labute approximate surface area is 100 Å². The van der Waals surface area contributed by atoms with Crippen molar-refractivity contribution in [3.63, 3.8) is 0 Å². The molecule has 1 fully saturated rings. The Kier molecular flexibility index (Phi) is 6.60. The van der Waals surface area contributed by atoms with E-state index in [0.717, 1.165) is 13.0 Å². The van der Waals surface area contributed by atoms with Crippen LogP contribution in [-0.2, 0) is 23.3 Å². The van der Waals surface area contributed by atoms with E-state index in [-0.39, 0.29) is 11.9 Å². The third kappa shape index (κ3) is 7.40. The Balaban J connectivity index is 1.84. The predicted molar refractivity (Wildman–Crippen MR) is 60.3 cm³/mol. The van der Waals surface area contributed by atoms with Crippen LogP contribution in [0.5, 0.6) is 0 Å². The Bertz CT molecular complexity index is 274. The van der Waals surface area contributed by atoms with Crippen molar-refractivity contribution in [1.82, 2.24) is 0 Å². The van der Waals surface area contributed by atoms with Gasteiger partial charge in [0, 0.05) is 23.9 Å². The zero-order chi connectivity index (χ0) is 11.9. The summed E-state index contributed by atoms with van der Waals surface area (Å²) in [6, 6.07) is 0. The lowest BCUT2D eigenvalue weighted by molar-refractivity contribution is 0.00137. The van der Waals surface area contributed by atoms with Gasteiger partial charge in [0.25, 0.3) is 0 Å². The lowest BCUT2D eigenvalue weighted by Crippen LogP contribution is -2.16. The number of hydrogen-bond acceptors (Lipinski definition) is 5. The molecule has 0 bridgehead atoms. The molecule has 1 unspecified atom stereocenters. The zero-order valence-electron chi connectivity index (χ0n) is 9.06. The highest BCUT2D eigenvalue weighted by Gasteiger charge is 2.15. The van der Waals surface area contributed by atoms with Gasteiger partial charge in [0.1, 0.15) is 0 Å². The fourth-order valence-corrected chi connectivity index (χ4v) is 2.14. The largest absolute Gasteiger partial charge is 0.379 e. The maximum atomic E-state index is 10.6. The minimum absolute atomic E-state index is 0.0497. The molecule has 5 nitrogen and oxygen atoms in total. The summed E-state index contributed by atoms with van der Waals surface area (Å²) in [5.74, 6) is -0.0497. The second-order valence-electron chi connectivity index (χ2n) is 3.57. The van der Waals surface area contributed by atoms with Crippen molar-refractivity contribution in [2.75, 3.05) is 38.8 Å². The topological polar surface area (TPSA) is 61.8 Å². The summed E-state index contributed by atoms with van der Waals surface area (Å²) in [4.78, 5) is 0. The molecule has 96 valence electrons. The number of ether oxygens (including phenoxy) is 3. The lowest BCUT2D eigenvalue weighted by atomic mass is 10.3. The maximum absolute atomic E-state index is 10.6. The molecule has 16 heavy (non-hydrogen) atoms. The third-order valence-corrected chi connectivity index (χ3v) is 3.39. The summed E-state index contributed by atoms with van der Waals surface area (Å²) in [6.07, 6.45) is 1.54. The Hall–Kier alpha value is 0.120. The van der Waals surface area contributed by atoms with E-state index in [1.54, 1.807) is 0 Å².